The van der Waals surface area contributed by atoms with Crippen LogP contribution in [0.4, 0.5) is 5.69 Å². The number of benzene rings is 2. The number of aliphatic hydroxyl groups is 1. The number of allylic oxidation sites excluding steroid dienone is 1. The molecule has 0 bridgehead atoms. The Labute approximate surface area is 372 Å². The van der Waals surface area contributed by atoms with E-state index in [1.165, 1.54) is 23.1 Å². The lowest BCUT2D eigenvalue weighted by Gasteiger charge is -2.39. The molecular formula is C47H54Cl2N6O5S. The first-order valence-corrected chi connectivity index (χ1v) is 22.7. The van der Waals surface area contributed by atoms with Crippen molar-refractivity contribution in [1.29, 1.82) is 0 Å². The number of carbonyl (C=O) groups excluding carboxylic acids is 1. The summed E-state index contributed by atoms with van der Waals surface area (Å²) in [6.07, 6.45) is 11.5. The van der Waals surface area contributed by atoms with E-state index in [4.69, 9.17) is 37.4 Å². The van der Waals surface area contributed by atoms with Crippen molar-refractivity contribution in [3.8, 4) is 17.4 Å². The molecule has 61 heavy (non-hydrogen) atoms. The fourth-order valence-electron chi connectivity index (χ4n) is 8.70. The number of carbonyl (C=O) groups is 1. The summed E-state index contributed by atoms with van der Waals surface area (Å²) < 4.78 is 20.6. The Morgan fingerprint density at radius 1 is 0.984 bits per heavy atom. The van der Waals surface area contributed by atoms with Gasteiger partial charge in [0.05, 0.1) is 30.6 Å². The number of nitrogens with one attached hydrogen (secondary N) is 2. The molecule has 5 aromatic rings. The maximum Gasteiger partial charge on any atom is 0.265 e. The lowest BCUT2D eigenvalue weighted by molar-refractivity contribution is -0.0671. The Balaban J connectivity index is 0.924. The zero-order chi connectivity index (χ0) is 42.6. The van der Waals surface area contributed by atoms with Crippen LogP contribution in [0.1, 0.15) is 74.7 Å². The van der Waals surface area contributed by atoms with Crippen molar-refractivity contribution >= 4 is 63.4 Å². The molecule has 4 heterocycles. The molecule has 1 saturated carbocycles. The van der Waals surface area contributed by atoms with Gasteiger partial charge in [-0.3, -0.25) is 14.4 Å². The summed E-state index contributed by atoms with van der Waals surface area (Å²) in [6.45, 7) is 10.0. The van der Waals surface area contributed by atoms with E-state index in [1.807, 2.05) is 48.7 Å². The molecule has 1 saturated heterocycles. The van der Waals surface area contributed by atoms with Crippen molar-refractivity contribution in [3.05, 3.63) is 106 Å². The van der Waals surface area contributed by atoms with E-state index in [0.29, 0.717) is 64.8 Å². The molecule has 0 atom stereocenters. The fraction of sp³-hybridized carbons (Fsp3) is 0.426. The minimum atomic E-state index is -0.765. The van der Waals surface area contributed by atoms with Gasteiger partial charge in [0.25, 0.3) is 5.91 Å². The number of pyridine rings is 2. The number of amides is 1. The van der Waals surface area contributed by atoms with Gasteiger partial charge in [-0.1, -0.05) is 54.8 Å². The first-order valence-electron chi connectivity index (χ1n) is 21.1. The summed E-state index contributed by atoms with van der Waals surface area (Å²) in [5.41, 5.74) is 5.91. The first kappa shape index (κ1) is 43.4. The number of halogens is 2. The van der Waals surface area contributed by atoms with E-state index in [-0.39, 0.29) is 11.3 Å². The van der Waals surface area contributed by atoms with E-state index < -0.39 is 5.60 Å². The van der Waals surface area contributed by atoms with Gasteiger partial charge in [-0.05, 0) is 122 Å². The lowest BCUT2D eigenvalue weighted by Crippen LogP contribution is -2.47. The second kappa shape index (κ2) is 19.0. The molecule has 0 radical (unpaired) electrons. The summed E-state index contributed by atoms with van der Waals surface area (Å²) in [6, 6.07) is 19.7. The number of ether oxygens (including phenoxy) is 3. The molecule has 0 spiro atoms. The molecule has 2 aliphatic carbocycles. The van der Waals surface area contributed by atoms with Crippen molar-refractivity contribution < 1.29 is 24.1 Å². The topological polar surface area (TPSA) is 125 Å². The van der Waals surface area contributed by atoms with Crippen molar-refractivity contribution in [2.75, 3.05) is 57.9 Å². The summed E-state index contributed by atoms with van der Waals surface area (Å²) in [4.78, 5) is 31.5. The van der Waals surface area contributed by atoms with Gasteiger partial charge < -0.3 is 29.2 Å². The van der Waals surface area contributed by atoms with E-state index in [9.17, 15) is 9.90 Å². The van der Waals surface area contributed by atoms with Crippen LogP contribution in [-0.2, 0) is 4.74 Å². The highest BCUT2D eigenvalue weighted by Gasteiger charge is 2.34. The normalized spacial score (nSPS) is 20.8. The predicted molar refractivity (Wildman–Crippen MR) is 244 cm³/mol. The van der Waals surface area contributed by atoms with Crippen LogP contribution < -0.4 is 19.1 Å². The molecule has 3 aliphatic rings. The molecule has 2 aromatic carbocycles. The largest absolute Gasteiger partial charge is 0.476 e. The van der Waals surface area contributed by atoms with Crippen molar-refractivity contribution in [1.82, 2.24) is 24.6 Å². The number of hydrogen-bond acceptors (Lipinski definition) is 10. The molecular weight excluding hydrogens is 832 g/mol. The summed E-state index contributed by atoms with van der Waals surface area (Å²) in [5.74, 6) is 1.27. The van der Waals surface area contributed by atoms with Crippen LogP contribution in [0, 0.1) is 11.3 Å². The number of aromatic nitrogens is 3. The molecule has 11 nitrogen and oxygen atoms in total. The number of anilines is 1. The molecule has 14 heteroatoms. The highest BCUT2D eigenvalue weighted by Crippen LogP contribution is 2.44. The van der Waals surface area contributed by atoms with Crippen LogP contribution in [0.5, 0.6) is 17.4 Å². The van der Waals surface area contributed by atoms with Gasteiger partial charge in [-0.25, -0.2) is 9.97 Å². The van der Waals surface area contributed by atoms with Crippen LogP contribution in [-0.4, -0.2) is 89.5 Å². The Bertz CT molecular complexity index is 2360. The molecule has 8 rings (SSSR count). The van der Waals surface area contributed by atoms with Crippen LogP contribution >= 0.6 is 35.1 Å². The maximum atomic E-state index is 13.9. The SMILES string of the molecule is COC[C@]1(O)CC[C@@H](COc2ncc(SNC(=O)c3ccc(N4CCN(CC5=C(c6ccc(Cl)cc6)CC(C)(C)CC5)CC4)cc3Oc3cnc4[nH]ccc4c3)cc2Cl)CC1. The molecule has 322 valence electrons. The Kier molecular flexibility index (Phi) is 13.5. The highest BCUT2D eigenvalue weighted by atomic mass is 35.5. The van der Waals surface area contributed by atoms with Gasteiger partial charge in [-0.2, -0.15) is 0 Å². The standard InChI is InChI=1S/C47H54Cl2N6O5S/c1-46(2)14-12-34(40(25-46)32-4-6-35(48)7-5-32)28-54-18-20-55(21-19-54)36-8-9-39(42(23-36)60-37-22-33-13-17-50-43(33)51-26-37)44(56)53-61-38-24-41(49)45(52-27-38)59-29-31-10-15-47(57,16-11-31)30-58-3/h4-9,13,17,22-24,26-27,31,57H,10-12,14-16,18-21,25,28-30H2,1-3H3,(H,50,51)(H,53,56)/t31-,47+. The molecule has 2 fully saturated rings. The molecule has 1 amide bonds. The van der Waals surface area contributed by atoms with Crippen molar-refractivity contribution in [2.45, 2.75) is 69.3 Å². The zero-order valence-corrected chi connectivity index (χ0v) is 37.3. The molecule has 3 aromatic heterocycles. The smallest absolute Gasteiger partial charge is 0.265 e. The van der Waals surface area contributed by atoms with Crippen LogP contribution in [0.3, 0.4) is 0 Å². The first-order chi connectivity index (χ1) is 29.4. The number of nitrogens with zero attached hydrogens (tertiary/aromatic N) is 4. The number of piperazine rings is 1. The van der Waals surface area contributed by atoms with E-state index in [2.05, 4.69) is 55.5 Å². The fourth-order valence-corrected chi connectivity index (χ4v) is 9.72. The zero-order valence-electron chi connectivity index (χ0n) is 35.0. The second-order valence-electron chi connectivity index (χ2n) is 17.5. The summed E-state index contributed by atoms with van der Waals surface area (Å²) in [7, 11) is 1.61. The van der Waals surface area contributed by atoms with Gasteiger partial charge in [0, 0.05) is 79.3 Å². The van der Waals surface area contributed by atoms with Gasteiger partial charge in [-0.15, -0.1) is 0 Å². The minimum absolute atomic E-state index is 0.269. The Morgan fingerprint density at radius 3 is 2.52 bits per heavy atom. The monoisotopic (exact) mass is 884 g/mol. The van der Waals surface area contributed by atoms with Gasteiger partial charge in [0.15, 0.2) is 0 Å². The average Bonchev–Trinajstić information content (AvgIpc) is 3.72. The number of fused-ring (bicyclic) bond motifs is 1. The number of H-pyrrole nitrogens is 1. The number of rotatable bonds is 14. The third kappa shape index (κ3) is 10.8. The van der Waals surface area contributed by atoms with Gasteiger partial charge in [0.1, 0.15) is 22.2 Å². The number of hydrogen-bond donors (Lipinski definition) is 3. The lowest BCUT2D eigenvalue weighted by atomic mass is 9.72. The Morgan fingerprint density at radius 2 is 1.77 bits per heavy atom. The highest BCUT2D eigenvalue weighted by molar-refractivity contribution is 7.98. The third-order valence-electron chi connectivity index (χ3n) is 12.3. The van der Waals surface area contributed by atoms with Crippen LogP contribution in [0.15, 0.2) is 89.7 Å². The van der Waals surface area contributed by atoms with E-state index in [0.717, 1.165) is 92.1 Å². The van der Waals surface area contributed by atoms with Crippen LogP contribution in [0.25, 0.3) is 16.6 Å². The molecule has 1 aliphatic heterocycles. The number of aromatic amines is 1. The van der Waals surface area contributed by atoms with E-state index in [1.54, 1.807) is 25.6 Å². The minimum Gasteiger partial charge on any atom is -0.476 e. The van der Waals surface area contributed by atoms with Gasteiger partial charge >= 0.3 is 0 Å². The summed E-state index contributed by atoms with van der Waals surface area (Å²) in [5, 5.41) is 12.7. The average molecular weight is 886 g/mol. The van der Waals surface area contributed by atoms with Crippen molar-refractivity contribution in [2.24, 2.45) is 11.3 Å². The van der Waals surface area contributed by atoms with Gasteiger partial charge in [0.2, 0.25) is 5.88 Å². The third-order valence-corrected chi connectivity index (χ3v) is 13.6. The Hall–Kier alpha value is -4.30. The predicted octanol–water partition coefficient (Wildman–Crippen LogP) is 10.2. The molecule has 0 unspecified atom stereocenters. The second-order valence-corrected chi connectivity index (χ2v) is 19.2. The quantitative estimate of drug-likeness (QED) is 0.0929. The van der Waals surface area contributed by atoms with Crippen LogP contribution in [0.2, 0.25) is 10.0 Å². The molecule has 3 N–H and O–H groups in total. The van der Waals surface area contributed by atoms with Crippen molar-refractivity contribution in [3.63, 3.8) is 0 Å². The maximum absolute atomic E-state index is 13.9. The van der Waals surface area contributed by atoms with E-state index >= 15 is 0 Å². The number of methoxy groups -OCH3 is 1. The summed E-state index contributed by atoms with van der Waals surface area (Å²) >= 11 is 14.0.